The Morgan fingerprint density at radius 2 is 2.29 bits per heavy atom. The van der Waals surface area contributed by atoms with E-state index in [4.69, 9.17) is 16.3 Å². The topological polar surface area (TPSA) is 62.2 Å². The molecule has 70 valence electrons. The Hall–Kier alpha value is -0.693. The first-order valence-electron chi connectivity index (χ1n) is 3.66. The van der Waals surface area contributed by atoms with Gasteiger partial charge in [0.15, 0.2) is 0 Å². The van der Waals surface area contributed by atoms with Crippen LogP contribution in [-0.2, 0) is 0 Å². The van der Waals surface area contributed by atoms with Gasteiger partial charge < -0.3 is 14.6 Å². The fraction of sp³-hybridized carbons (Fsp3) is 0.250. The molecule has 0 aliphatic heterocycles. The number of aromatic carboxylic acids is 1. The number of aromatic nitrogens is 1. The third-order valence-electron chi connectivity index (χ3n) is 1.33. The van der Waals surface area contributed by atoms with Gasteiger partial charge in [-0.05, 0) is 19.1 Å². The fourth-order valence-electron chi connectivity index (χ4n) is 0.820. The van der Waals surface area contributed by atoms with Gasteiger partial charge in [-0.2, -0.15) is 0 Å². The predicted molar refractivity (Wildman–Crippen MR) is 44.7 cm³/mol. The third kappa shape index (κ3) is 3.22. The summed E-state index contributed by atoms with van der Waals surface area (Å²) in [6.07, 6.45) is 0. The molecule has 0 bridgehead atoms. The second-order valence-corrected chi connectivity index (χ2v) is 2.59. The van der Waals surface area contributed by atoms with Crippen molar-refractivity contribution >= 4 is 17.6 Å². The van der Waals surface area contributed by atoms with Crippen LogP contribution in [0, 0.1) is 0 Å². The van der Waals surface area contributed by atoms with E-state index in [2.05, 4.69) is 4.98 Å². The molecule has 0 aliphatic carbocycles. The molecule has 6 heteroatoms. The maximum absolute atomic E-state index is 10.5. The van der Waals surface area contributed by atoms with Crippen LogP contribution in [0.3, 0.4) is 0 Å². The summed E-state index contributed by atoms with van der Waals surface area (Å²) in [7, 11) is 0. The third-order valence-corrected chi connectivity index (χ3v) is 1.54. The molecule has 4 nitrogen and oxygen atoms in total. The van der Waals surface area contributed by atoms with Crippen molar-refractivity contribution in [2.45, 2.75) is 6.92 Å². The number of carbonyl (C=O) groups is 1. The summed E-state index contributed by atoms with van der Waals surface area (Å²) in [5.41, 5.74) is -0.0914. The predicted octanol–water partition coefficient (Wildman–Crippen LogP) is -2.50. The summed E-state index contributed by atoms with van der Waals surface area (Å²) < 4.78 is 4.96. The molecule has 1 heterocycles. The van der Waals surface area contributed by atoms with Crippen LogP contribution in [0.25, 0.3) is 0 Å². The van der Waals surface area contributed by atoms with Gasteiger partial charge in [-0.25, -0.2) is 4.98 Å². The average Bonchev–Trinajstić information content (AvgIpc) is 2.04. The Balaban J connectivity index is 0.00000169. The van der Waals surface area contributed by atoms with E-state index in [9.17, 15) is 9.90 Å². The van der Waals surface area contributed by atoms with Crippen molar-refractivity contribution in [1.82, 2.24) is 4.98 Å². The average molecular weight is 208 g/mol. The van der Waals surface area contributed by atoms with Crippen molar-refractivity contribution in [2.24, 2.45) is 0 Å². The number of hydrogen-bond donors (Lipinski definition) is 0. The van der Waals surface area contributed by atoms with Gasteiger partial charge in [-0.1, -0.05) is 11.6 Å². The van der Waals surface area contributed by atoms with Gasteiger partial charge >= 0.3 is 18.9 Å². The Morgan fingerprint density at radius 1 is 1.64 bits per heavy atom. The molecule has 0 unspecified atom stereocenters. The second kappa shape index (κ2) is 5.92. The summed E-state index contributed by atoms with van der Waals surface area (Å²) in [4.78, 5) is 14.2. The molecule has 0 fully saturated rings. The van der Waals surface area contributed by atoms with Crippen molar-refractivity contribution in [2.75, 3.05) is 6.61 Å². The molecule has 0 saturated heterocycles. The summed E-state index contributed by atoms with van der Waals surface area (Å²) in [6, 6.07) is 2.67. The number of hydrogen-bond acceptors (Lipinski definition) is 4. The van der Waals surface area contributed by atoms with Crippen LogP contribution in [0.1, 0.15) is 17.3 Å². The summed E-state index contributed by atoms with van der Waals surface area (Å²) in [5.74, 6) is -1.33. The van der Waals surface area contributed by atoms with Crippen LogP contribution < -0.4 is 28.7 Å². The van der Waals surface area contributed by atoms with Crippen LogP contribution in [0.15, 0.2) is 12.1 Å². The van der Waals surface area contributed by atoms with Crippen LogP contribution in [-0.4, -0.2) is 17.6 Å². The molecule has 0 saturated carbocycles. The molecule has 0 amide bonds. The van der Waals surface area contributed by atoms with Gasteiger partial charge in [0, 0.05) is 0 Å². The maximum atomic E-state index is 10.5. The number of carbonyl (C=O) groups excluding carboxylic acids is 1. The smallest absolute Gasteiger partial charge is 0.545 e. The number of rotatable bonds is 3. The number of ether oxygens (including phenoxy) is 1. The van der Waals surface area contributed by atoms with Crippen LogP contribution in [0.2, 0.25) is 5.15 Å². The SMILES string of the molecule is CCOc1nc(Cl)ccc1C(=O)[O-].[Li+]. The van der Waals surface area contributed by atoms with Crippen molar-refractivity contribution in [3.05, 3.63) is 22.8 Å². The van der Waals surface area contributed by atoms with E-state index in [0.29, 0.717) is 6.61 Å². The van der Waals surface area contributed by atoms with E-state index in [-0.39, 0.29) is 35.5 Å². The Labute approximate surface area is 98.4 Å². The molecule has 0 N–H and O–H groups in total. The van der Waals surface area contributed by atoms with E-state index >= 15 is 0 Å². The molecule has 0 atom stereocenters. The number of pyridine rings is 1. The van der Waals surface area contributed by atoms with Crippen LogP contribution >= 0.6 is 11.6 Å². The number of carboxylic acid groups (broad SMARTS) is 1. The van der Waals surface area contributed by atoms with Crippen molar-refractivity contribution in [3.8, 4) is 5.88 Å². The van der Waals surface area contributed by atoms with Crippen molar-refractivity contribution < 1.29 is 33.5 Å². The van der Waals surface area contributed by atoms with Gasteiger partial charge in [0.25, 0.3) is 0 Å². The quantitative estimate of drug-likeness (QED) is 0.406. The minimum atomic E-state index is -1.33. The molecular weight excluding hydrogens is 200 g/mol. The number of carboxylic acids is 1. The first-order chi connectivity index (χ1) is 6.15. The first kappa shape index (κ1) is 13.3. The zero-order valence-electron chi connectivity index (χ0n) is 7.91. The zero-order valence-corrected chi connectivity index (χ0v) is 8.67. The molecule has 1 rings (SSSR count). The second-order valence-electron chi connectivity index (χ2n) is 2.21. The molecule has 14 heavy (non-hydrogen) atoms. The summed E-state index contributed by atoms with van der Waals surface area (Å²) in [5, 5.41) is 10.7. The zero-order chi connectivity index (χ0) is 9.84. The Kier molecular flexibility index (Phi) is 5.62. The molecular formula is C8H7ClLiNO3. The van der Waals surface area contributed by atoms with Gasteiger partial charge in [0.1, 0.15) is 5.15 Å². The maximum Gasteiger partial charge on any atom is 1.00 e. The summed E-state index contributed by atoms with van der Waals surface area (Å²) in [6.45, 7) is 2.05. The fourth-order valence-corrected chi connectivity index (χ4v) is 0.960. The van der Waals surface area contributed by atoms with Crippen molar-refractivity contribution in [1.29, 1.82) is 0 Å². The summed E-state index contributed by atoms with van der Waals surface area (Å²) >= 11 is 5.55. The van der Waals surface area contributed by atoms with E-state index < -0.39 is 5.97 Å². The van der Waals surface area contributed by atoms with Crippen LogP contribution in [0.5, 0.6) is 5.88 Å². The van der Waals surface area contributed by atoms with E-state index in [1.165, 1.54) is 12.1 Å². The van der Waals surface area contributed by atoms with Gasteiger partial charge in [-0.15, -0.1) is 0 Å². The van der Waals surface area contributed by atoms with Gasteiger partial charge in [-0.3, -0.25) is 0 Å². The molecule has 0 aliphatic rings. The molecule has 0 radical (unpaired) electrons. The van der Waals surface area contributed by atoms with Crippen LogP contribution in [0.4, 0.5) is 0 Å². The minimum absolute atomic E-state index is 0. The van der Waals surface area contributed by atoms with Gasteiger partial charge in [0.2, 0.25) is 5.88 Å². The first-order valence-corrected chi connectivity index (χ1v) is 4.03. The number of halogens is 1. The van der Waals surface area contributed by atoms with Gasteiger partial charge in [0.05, 0.1) is 18.1 Å². The monoisotopic (exact) mass is 207 g/mol. The normalized spacial score (nSPS) is 9.00. The molecule has 1 aromatic heterocycles. The van der Waals surface area contributed by atoms with E-state index in [0.717, 1.165) is 0 Å². The van der Waals surface area contributed by atoms with E-state index in [1.54, 1.807) is 6.92 Å². The Morgan fingerprint density at radius 3 is 2.79 bits per heavy atom. The Bertz CT molecular complexity index is 332. The molecule has 0 aromatic carbocycles. The molecule has 1 aromatic rings. The van der Waals surface area contributed by atoms with Crippen molar-refractivity contribution in [3.63, 3.8) is 0 Å². The standard InChI is InChI=1S/C8H8ClNO3.Li/c1-2-13-7-5(8(11)12)3-4-6(9)10-7;/h3-4H,2H2,1H3,(H,11,12);/q;+1/p-1. The largest absolute Gasteiger partial charge is 1.00 e. The van der Waals surface area contributed by atoms with E-state index in [1.807, 2.05) is 0 Å². The minimum Gasteiger partial charge on any atom is -0.545 e. The molecule has 0 spiro atoms. The number of nitrogens with zero attached hydrogens (tertiary/aromatic N) is 1.